The zero-order valence-electron chi connectivity index (χ0n) is 30.4. The molecule has 0 unspecified atom stereocenters. The summed E-state index contributed by atoms with van der Waals surface area (Å²) in [5.41, 5.74) is 4.85. The van der Waals surface area contributed by atoms with E-state index in [4.69, 9.17) is 9.47 Å². The van der Waals surface area contributed by atoms with Crippen LogP contribution in [0.5, 0.6) is 0 Å². The second kappa shape index (κ2) is 11.5. The minimum Gasteiger partial charge on any atom is -0.462 e. The second-order valence-electron chi connectivity index (χ2n) is 18.2. The fraction of sp³-hybridized carbons (Fsp3) is 0.591. The van der Waals surface area contributed by atoms with E-state index in [2.05, 4.69) is 60.6 Å². The van der Waals surface area contributed by atoms with Gasteiger partial charge in [-0.2, -0.15) is 0 Å². The Kier molecular flexibility index (Phi) is 7.96. The first-order chi connectivity index (χ1) is 22.7. The molecule has 0 amide bonds. The molecule has 5 aliphatic carbocycles. The highest BCUT2D eigenvalue weighted by atomic mass is 16.5. The molecule has 8 atom stereocenters. The molecule has 3 fully saturated rings. The van der Waals surface area contributed by atoms with Gasteiger partial charge >= 0.3 is 11.9 Å². The molecule has 0 N–H and O–H groups in total. The van der Waals surface area contributed by atoms with E-state index in [-0.39, 0.29) is 45.1 Å². The Hall–Kier alpha value is -3.14. The van der Waals surface area contributed by atoms with Crippen molar-refractivity contribution in [1.82, 2.24) is 0 Å². The topological polar surface area (TPSA) is 52.6 Å². The lowest BCUT2D eigenvalue weighted by atomic mass is 9.36. The normalized spacial score (nSPS) is 39.7. The van der Waals surface area contributed by atoms with Crippen LogP contribution in [0.15, 0.2) is 84.0 Å². The number of hydrogen-bond acceptors (Lipinski definition) is 4. The monoisotopic (exact) mass is 648 g/mol. The minimum absolute atomic E-state index is 0.0303. The van der Waals surface area contributed by atoms with E-state index in [9.17, 15) is 9.59 Å². The van der Waals surface area contributed by atoms with Crippen LogP contribution in [0.2, 0.25) is 0 Å². The van der Waals surface area contributed by atoms with E-state index >= 15 is 0 Å². The summed E-state index contributed by atoms with van der Waals surface area (Å²) in [5, 5.41) is 0. The van der Waals surface area contributed by atoms with Crippen LogP contribution in [0, 0.1) is 44.3 Å². The molecule has 256 valence electrons. The SMILES string of the molecule is CC1(C)[C@H](OC(=O)c2ccccc2)CC[C@]2(C)C3=CC[C@@]4(C)[C@@H]5C[C@](C)(COC(=O)c6ccccc6)CC[C@]5(C)CC[C@]4(C)C3=CC[C@@H]12. The van der Waals surface area contributed by atoms with Gasteiger partial charge in [-0.1, -0.05) is 97.0 Å². The number of benzene rings is 2. The van der Waals surface area contributed by atoms with Crippen LogP contribution in [-0.2, 0) is 9.47 Å². The number of rotatable bonds is 5. The predicted octanol–water partition coefficient (Wildman–Crippen LogP) is 10.8. The van der Waals surface area contributed by atoms with Crippen molar-refractivity contribution < 1.29 is 19.1 Å². The van der Waals surface area contributed by atoms with E-state index in [0.29, 0.717) is 35.0 Å². The lowest BCUT2D eigenvalue weighted by Crippen LogP contribution is -2.61. The molecule has 5 aliphatic rings. The largest absolute Gasteiger partial charge is 0.462 e. The summed E-state index contributed by atoms with van der Waals surface area (Å²) in [5.74, 6) is 0.537. The summed E-state index contributed by atoms with van der Waals surface area (Å²) in [6, 6.07) is 18.9. The standard InChI is InChI=1S/C44H56O4/c1-39(2)34-19-18-33-32(42(34,5)22-21-36(39)48-38(46)31-16-12-9-13-17-31)20-23-44(7)35-28-40(3,24-25-41(35,4)26-27-43(33,44)6)29-47-37(45)30-14-10-8-11-15-30/h8-18,20,34-36H,19,21-29H2,1-7H3/t34-,35+,36+,40+,41+,42+,43+,44-/m0/s1. The van der Waals surface area contributed by atoms with Crippen LogP contribution in [0.3, 0.4) is 0 Å². The van der Waals surface area contributed by atoms with Crippen molar-refractivity contribution >= 4 is 11.9 Å². The maximum absolute atomic E-state index is 13.2. The molecule has 4 nitrogen and oxygen atoms in total. The first-order valence-corrected chi connectivity index (χ1v) is 18.6. The van der Waals surface area contributed by atoms with Crippen molar-refractivity contribution in [2.75, 3.05) is 6.61 Å². The van der Waals surface area contributed by atoms with Gasteiger partial charge in [-0.05, 0) is 127 Å². The summed E-state index contributed by atoms with van der Waals surface area (Å²) < 4.78 is 12.3. The maximum atomic E-state index is 13.2. The summed E-state index contributed by atoms with van der Waals surface area (Å²) in [7, 11) is 0. The zero-order chi connectivity index (χ0) is 34.2. The fourth-order valence-electron chi connectivity index (χ4n) is 11.7. The van der Waals surface area contributed by atoms with E-state index in [1.54, 1.807) is 11.1 Å². The number of fused-ring (bicyclic) bond motifs is 7. The highest BCUT2D eigenvalue weighted by molar-refractivity contribution is 5.89. The molecule has 0 saturated heterocycles. The Labute approximate surface area is 288 Å². The Balaban J connectivity index is 1.14. The number of esters is 2. The Morgan fingerprint density at radius 2 is 1.33 bits per heavy atom. The molecular weight excluding hydrogens is 592 g/mol. The van der Waals surface area contributed by atoms with E-state index in [0.717, 1.165) is 38.5 Å². The quantitative estimate of drug-likeness (QED) is 0.303. The van der Waals surface area contributed by atoms with Gasteiger partial charge in [0.25, 0.3) is 0 Å². The molecule has 4 heteroatoms. The van der Waals surface area contributed by atoms with Gasteiger partial charge in [0, 0.05) is 10.8 Å². The molecule has 0 aromatic heterocycles. The third-order valence-electron chi connectivity index (χ3n) is 15.1. The van der Waals surface area contributed by atoms with E-state index < -0.39 is 0 Å². The third-order valence-corrected chi connectivity index (χ3v) is 15.1. The highest BCUT2D eigenvalue weighted by Gasteiger charge is 2.66. The minimum atomic E-state index is -0.210. The van der Waals surface area contributed by atoms with Gasteiger partial charge in [0.15, 0.2) is 0 Å². The average molecular weight is 649 g/mol. The third kappa shape index (κ3) is 5.06. The Morgan fingerprint density at radius 1 is 0.708 bits per heavy atom. The van der Waals surface area contributed by atoms with Crippen LogP contribution in [0.25, 0.3) is 0 Å². The molecule has 0 aliphatic heterocycles. The summed E-state index contributed by atoms with van der Waals surface area (Å²) in [6.07, 6.45) is 15.1. The summed E-state index contributed by atoms with van der Waals surface area (Å²) >= 11 is 0. The van der Waals surface area contributed by atoms with Crippen molar-refractivity contribution in [1.29, 1.82) is 0 Å². The molecule has 0 bridgehead atoms. The first-order valence-electron chi connectivity index (χ1n) is 18.6. The zero-order valence-corrected chi connectivity index (χ0v) is 30.4. The number of carbonyl (C=O) groups is 2. The molecule has 2 aromatic carbocycles. The van der Waals surface area contributed by atoms with Crippen molar-refractivity contribution in [3.63, 3.8) is 0 Å². The molecule has 0 radical (unpaired) electrons. The second-order valence-corrected chi connectivity index (χ2v) is 18.2. The van der Waals surface area contributed by atoms with Crippen LogP contribution >= 0.6 is 0 Å². The van der Waals surface area contributed by atoms with Gasteiger partial charge in [0.05, 0.1) is 17.7 Å². The number of ether oxygens (including phenoxy) is 2. The smallest absolute Gasteiger partial charge is 0.338 e. The Bertz CT molecular complexity index is 1640. The molecule has 3 saturated carbocycles. The molecule has 0 heterocycles. The van der Waals surface area contributed by atoms with Gasteiger partial charge in [0.1, 0.15) is 6.10 Å². The van der Waals surface area contributed by atoms with Gasteiger partial charge in [-0.3, -0.25) is 0 Å². The van der Waals surface area contributed by atoms with Gasteiger partial charge in [-0.15, -0.1) is 0 Å². The van der Waals surface area contributed by atoms with Crippen molar-refractivity contribution in [3.8, 4) is 0 Å². The van der Waals surface area contributed by atoms with Gasteiger partial charge in [0.2, 0.25) is 0 Å². The summed E-state index contributed by atoms with van der Waals surface area (Å²) in [4.78, 5) is 26.1. The van der Waals surface area contributed by atoms with Gasteiger partial charge in [-0.25, -0.2) is 9.59 Å². The molecule has 48 heavy (non-hydrogen) atoms. The fourth-order valence-corrected chi connectivity index (χ4v) is 11.7. The van der Waals surface area contributed by atoms with E-state index in [1.807, 2.05) is 60.7 Å². The molecule has 0 spiro atoms. The van der Waals surface area contributed by atoms with Crippen LogP contribution in [0.1, 0.15) is 127 Å². The van der Waals surface area contributed by atoms with Crippen molar-refractivity contribution in [2.24, 2.45) is 44.3 Å². The van der Waals surface area contributed by atoms with Crippen molar-refractivity contribution in [3.05, 3.63) is 95.1 Å². The van der Waals surface area contributed by atoms with Crippen molar-refractivity contribution in [2.45, 2.75) is 112 Å². The highest BCUT2D eigenvalue weighted by Crippen LogP contribution is 2.74. The lowest BCUT2D eigenvalue weighted by Gasteiger charge is -2.69. The lowest BCUT2D eigenvalue weighted by molar-refractivity contribution is -0.150. The molecular formula is C44H56O4. The number of allylic oxidation sites excluding steroid dienone is 4. The summed E-state index contributed by atoms with van der Waals surface area (Å²) in [6.45, 7) is 17.8. The number of carbonyl (C=O) groups excluding carboxylic acids is 2. The molecule has 2 aromatic rings. The van der Waals surface area contributed by atoms with Crippen LogP contribution < -0.4 is 0 Å². The maximum Gasteiger partial charge on any atom is 0.338 e. The first kappa shape index (κ1) is 33.4. The van der Waals surface area contributed by atoms with Crippen LogP contribution in [-0.4, -0.2) is 24.6 Å². The Morgan fingerprint density at radius 3 is 2.00 bits per heavy atom. The van der Waals surface area contributed by atoms with Crippen LogP contribution in [0.4, 0.5) is 0 Å². The molecule has 7 rings (SSSR count). The average Bonchev–Trinajstić information content (AvgIpc) is 3.07. The van der Waals surface area contributed by atoms with E-state index in [1.165, 1.54) is 19.3 Å². The predicted molar refractivity (Wildman–Crippen MR) is 191 cm³/mol. The number of hydrogen-bond donors (Lipinski definition) is 0. The van der Waals surface area contributed by atoms with Gasteiger partial charge < -0.3 is 9.47 Å².